The molecule has 12 heteroatoms. The van der Waals surface area contributed by atoms with Crippen molar-refractivity contribution in [3.8, 4) is 17.2 Å². The second-order valence-corrected chi connectivity index (χ2v) is 7.91. The first-order valence-corrected chi connectivity index (χ1v) is 11.4. The van der Waals surface area contributed by atoms with Gasteiger partial charge in [0.05, 0.1) is 27.0 Å². The monoisotopic (exact) mass is 516 g/mol. The third kappa shape index (κ3) is 6.49. The molecule has 0 fully saturated rings. The molecule has 1 heterocycles. The minimum Gasteiger partial charge on any atom is -0.496 e. The van der Waals surface area contributed by atoms with E-state index >= 15 is 0 Å². The summed E-state index contributed by atoms with van der Waals surface area (Å²) in [5.74, 6) is 0.991. The summed E-state index contributed by atoms with van der Waals surface area (Å²) in [6, 6.07) is 19.6. The fraction of sp³-hybridized carbons (Fsp3) is 0.154. The van der Waals surface area contributed by atoms with Gasteiger partial charge >= 0.3 is 5.95 Å². The third-order valence-corrected chi connectivity index (χ3v) is 5.38. The Labute approximate surface area is 217 Å². The first kappa shape index (κ1) is 25.8. The van der Waals surface area contributed by atoms with Gasteiger partial charge in [-0.2, -0.15) is 9.78 Å². The number of nitrogens with zero attached hydrogens (tertiary/aromatic N) is 5. The van der Waals surface area contributed by atoms with Crippen molar-refractivity contribution in [1.29, 1.82) is 0 Å². The van der Waals surface area contributed by atoms with Crippen molar-refractivity contribution in [2.24, 2.45) is 5.10 Å². The summed E-state index contributed by atoms with van der Waals surface area (Å²) in [5.41, 5.74) is 5.21. The van der Waals surface area contributed by atoms with E-state index in [4.69, 9.17) is 14.2 Å². The molecule has 1 aromatic heterocycles. The maximum Gasteiger partial charge on any atom is 0.490 e. The van der Waals surface area contributed by atoms with Crippen LogP contribution in [0.3, 0.4) is 0 Å². The number of aromatic nitrogens is 3. The Balaban J connectivity index is 1.35. The second-order valence-electron chi connectivity index (χ2n) is 7.91. The number of amides is 1. The van der Waals surface area contributed by atoms with Crippen molar-refractivity contribution in [3.63, 3.8) is 0 Å². The molecule has 1 N–H and O–H groups in total. The average molecular weight is 517 g/mol. The highest BCUT2D eigenvalue weighted by Gasteiger charge is 2.15. The molecule has 0 saturated carbocycles. The number of hydrogen-bond donors (Lipinski definition) is 1. The van der Waals surface area contributed by atoms with E-state index in [9.17, 15) is 14.9 Å². The molecule has 0 unspecified atom stereocenters. The highest BCUT2D eigenvalue weighted by molar-refractivity contribution is 5.94. The van der Waals surface area contributed by atoms with Gasteiger partial charge in [0.25, 0.3) is 5.91 Å². The summed E-state index contributed by atoms with van der Waals surface area (Å²) < 4.78 is 17.8. The number of para-hydroxylation sites is 2. The number of carbonyl (C=O) groups is 1. The van der Waals surface area contributed by atoms with Crippen LogP contribution in [0.5, 0.6) is 17.2 Å². The summed E-state index contributed by atoms with van der Waals surface area (Å²) in [4.78, 5) is 26.3. The summed E-state index contributed by atoms with van der Waals surface area (Å²) in [6.45, 7) is 0.521. The van der Waals surface area contributed by atoms with Crippen LogP contribution in [0.25, 0.3) is 0 Å². The van der Waals surface area contributed by atoms with Crippen LogP contribution in [-0.2, 0) is 13.2 Å². The third-order valence-electron chi connectivity index (χ3n) is 5.38. The molecular weight excluding hydrogens is 492 g/mol. The normalized spacial score (nSPS) is 10.8. The van der Waals surface area contributed by atoms with Gasteiger partial charge in [0.15, 0.2) is 11.5 Å². The molecule has 4 rings (SSSR count). The van der Waals surface area contributed by atoms with E-state index in [0.717, 1.165) is 5.56 Å². The molecular formula is C26H24N6O6. The maximum absolute atomic E-state index is 12.5. The van der Waals surface area contributed by atoms with E-state index in [-0.39, 0.29) is 12.5 Å². The lowest BCUT2D eigenvalue weighted by Gasteiger charge is -2.10. The molecule has 0 radical (unpaired) electrons. The molecule has 0 aliphatic rings. The van der Waals surface area contributed by atoms with Crippen molar-refractivity contribution in [3.05, 3.63) is 105 Å². The summed E-state index contributed by atoms with van der Waals surface area (Å²) in [6.07, 6.45) is 2.76. The van der Waals surface area contributed by atoms with Gasteiger partial charge in [0.2, 0.25) is 6.33 Å². The van der Waals surface area contributed by atoms with Gasteiger partial charge in [-0.15, -0.1) is 0 Å². The summed E-state index contributed by atoms with van der Waals surface area (Å²) in [5, 5.41) is 18.7. The van der Waals surface area contributed by atoms with Crippen LogP contribution < -0.4 is 19.6 Å². The van der Waals surface area contributed by atoms with Crippen molar-refractivity contribution >= 4 is 18.1 Å². The predicted molar refractivity (Wildman–Crippen MR) is 138 cm³/mol. The summed E-state index contributed by atoms with van der Waals surface area (Å²) >= 11 is 0. The zero-order valence-corrected chi connectivity index (χ0v) is 20.6. The lowest BCUT2D eigenvalue weighted by molar-refractivity contribution is -0.394. The number of hydrazone groups is 1. The minimum absolute atomic E-state index is 0.200. The van der Waals surface area contributed by atoms with Crippen LogP contribution in [0.1, 0.15) is 27.0 Å². The standard InChI is InChI=1S/C26H24N6O6/c1-36-22-12-9-19(13-21(22)15-31-17-27-26(30-31)32(34)35)14-28-29-25(33)20-10-7-18(8-11-20)16-38-24-6-4-3-5-23(24)37-2/h3-14,17H,15-16H2,1-2H3,(H,29,33)/b28-14-. The van der Waals surface area contributed by atoms with Crippen molar-refractivity contribution in [1.82, 2.24) is 20.2 Å². The zero-order valence-electron chi connectivity index (χ0n) is 20.6. The topological polar surface area (TPSA) is 143 Å². The van der Waals surface area contributed by atoms with Gasteiger partial charge in [-0.1, -0.05) is 29.2 Å². The number of hydrogen-bond acceptors (Lipinski definition) is 9. The average Bonchev–Trinajstić information content (AvgIpc) is 3.41. The molecule has 3 aromatic carbocycles. The Hall–Kier alpha value is -5.26. The van der Waals surface area contributed by atoms with Crippen LogP contribution in [0.4, 0.5) is 5.95 Å². The Morgan fingerprint density at radius 1 is 1.05 bits per heavy atom. The number of benzene rings is 3. The number of nitrogens with one attached hydrogen (secondary N) is 1. The van der Waals surface area contributed by atoms with Crippen molar-refractivity contribution in [2.45, 2.75) is 13.2 Å². The summed E-state index contributed by atoms with van der Waals surface area (Å²) in [7, 11) is 3.10. The Bertz CT molecular complexity index is 1450. The van der Waals surface area contributed by atoms with E-state index < -0.39 is 10.9 Å². The molecule has 0 spiro atoms. The largest absolute Gasteiger partial charge is 0.496 e. The van der Waals surface area contributed by atoms with E-state index in [1.165, 1.54) is 24.3 Å². The maximum atomic E-state index is 12.5. The second kappa shape index (κ2) is 12.1. The predicted octanol–water partition coefficient (Wildman–Crippen LogP) is 3.59. The highest BCUT2D eigenvalue weighted by atomic mass is 16.6. The minimum atomic E-state index is -0.664. The molecule has 0 aliphatic carbocycles. The molecule has 38 heavy (non-hydrogen) atoms. The van der Waals surface area contributed by atoms with Crippen LogP contribution in [-0.4, -0.2) is 46.0 Å². The molecule has 194 valence electrons. The van der Waals surface area contributed by atoms with E-state index in [1.54, 1.807) is 49.6 Å². The van der Waals surface area contributed by atoms with Crippen LogP contribution >= 0.6 is 0 Å². The molecule has 0 atom stereocenters. The number of ether oxygens (including phenoxy) is 3. The smallest absolute Gasteiger partial charge is 0.490 e. The molecule has 0 bridgehead atoms. The van der Waals surface area contributed by atoms with Crippen molar-refractivity contribution in [2.75, 3.05) is 14.2 Å². The van der Waals surface area contributed by atoms with E-state index in [1.807, 2.05) is 24.3 Å². The Kier molecular flexibility index (Phi) is 8.24. The van der Waals surface area contributed by atoms with E-state index in [0.29, 0.717) is 40.5 Å². The Morgan fingerprint density at radius 2 is 1.79 bits per heavy atom. The fourth-order valence-corrected chi connectivity index (χ4v) is 3.50. The lowest BCUT2D eigenvalue weighted by Crippen LogP contribution is -2.17. The van der Waals surface area contributed by atoms with Gasteiger partial charge in [0, 0.05) is 16.2 Å². The van der Waals surface area contributed by atoms with E-state index in [2.05, 4.69) is 20.6 Å². The molecule has 1 amide bonds. The first-order chi connectivity index (χ1) is 18.5. The van der Waals surface area contributed by atoms with Gasteiger partial charge in [-0.25, -0.2) is 5.43 Å². The van der Waals surface area contributed by atoms with Crippen molar-refractivity contribution < 1.29 is 23.9 Å². The van der Waals surface area contributed by atoms with Gasteiger partial charge in [-0.05, 0) is 58.5 Å². The van der Waals surface area contributed by atoms with Gasteiger partial charge in [-0.3, -0.25) is 4.79 Å². The molecule has 0 aliphatic heterocycles. The zero-order chi connectivity index (χ0) is 26.9. The number of methoxy groups -OCH3 is 2. The number of rotatable bonds is 11. The van der Waals surface area contributed by atoms with Crippen LogP contribution in [0, 0.1) is 10.1 Å². The molecule has 12 nitrogen and oxygen atoms in total. The Morgan fingerprint density at radius 3 is 2.47 bits per heavy atom. The molecule has 0 saturated heterocycles. The quantitative estimate of drug-likeness (QED) is 0.181. The van der Waals surface area contributed by atoms with Gasteiger partial charge in [0.1, 0.15) is 12.4 Å². The SMILES string of the molecule is COc1ccc(/C=N\NC(=O)c2ccc(COc3ccccc3OC)cc2)cc1Cn1cnc([N+](=O)[O-])n1. The number of carbonyl (C=O) groups excluding carboxylic acids is 1. The fourth-order valence-electron chi connectivity index (χ4n) is 3.50. The first-order valence-electron chi connectivity index (χ1n) is 11.4. The molecule has 4 aromatic rings. The number of nitro groups is 1. The van der Waals surface area contributed by atoms with Crippen LogP contribution in [0.15, 0.2) is 78.2 Å². The highest BCUT2D eigenvalue weighted by Crippen LogP contribution is 2.26. The van der Waals surface area contributed by atoms with Gasteiger partial charge < -0.3 is 24.3 Å². The van der Waals surface area contributed by atoms with Crippen LogP contribution in [0.2, 0.25) is 0 Å². The lowest BCUT2D eigenvalue weighted by atomic mass is 10.1.